The number of nitrogen functional groups attached to an aromatic ring is 1. The standard InChI is InChI=1S/C25H23N7O/c26-24(27)16-9-10-18-20(13-16)30-21(29-18)11-12-22-31-19-8-4-7-17(25(28)33)23(19)32(22)14-15-5-2-1-3-6-15/h1-10,13H,11-12,14H2,(H3,26,27)(H2,28,33)(H,29,30). The molecule has 0 aliphatic rings. The summed E-state index contributed by atoms with van der Waals surface area (Å²) in [6.07, 6.45) is 1.26. The minimum atomic E-state index is -0.472. The van der Waals surface area contributed by atoms with E-state index in [-0.39, 0.29) is 5.84 Å². The van der Waals surface area contributed by atoms with Crippen LogP contribution in [0.5, 0.6) is 0 Å². The molecule has 0 aliphatic carbocycles. The Hall–Kier alpha value is -4.46. The number of amides is 1. The summed E-state index contributed by atoms with van der Waals surface area (Å²) in [5.74, 6) is 1.22. The lowest BCUT2D eigenvalue weighted by molar-refractivity contribution is 0.100. The molecule has 33 heavy (non-hydrogen) atoms. The number of nitrogens with one attached hydrogen (secondary N) is 2. The fraction of sp³-hybridized carbons (Fsp3) is 0.120. The summed E-state index contributed by atoms with van der Waals surface area (Å²) in [4.78, 5) is 24.9. The summed E-state index contributed by atoms with van der Waals surface area (Å²) in [5.41, 5.74) is 16.7. The number of aryl methyl sites for hydroxylation is 2. The number of aromatic amines is 1. The largest absolute Gasteiger partial charge is 0.384 e. The predicted octanol–water partition coefficient (Wildman–Crippen LogP) is 3.13. The lowest BCUT2D eigenvalue weighted by Gasteiger charge is -2.11. The first-order valence-electron chi connectivity index (χ1n) is 10.6. The number of aromatic nitrogens is 4. The average molecular weight is 438 g/mol. The van der Waals surface area contributed by atoms with Crippen molar-refractivity contribution in [1.82, 2.24) is 19.5 Å². The Morgan fingerprint density at radius 1 is 0.939 bits per heavy atom. The third-order valence-electron chi connectivity index (χ3n) is 5.72. The van der Waals surface area contributed by atoms with Gasteiger partial charge in [-0.1, -0.05) is 36.4 Å². The normalized spacial score (nSPS) is 11.3. The molecule has 5 aromatic rings. The molecule has 164 valence electrons. The van der Waals surface area contributed by atoms with Crippen molar-refractivity contribution in [2.45, 2.75) is 19.4 Å². The van der Waals surface area contributed by atoms with Gasteiger partial charge in [0.05, 0.1) is 27.6 Å². The molecule has 0 spiro atoms. The number of hydrogen-bond acceptors (Lipinski definition) is 4. The van der Waals surface area contributed by atoms with Crippen LogP contribution in [-0.2, 0) is 19.4 Å². The van der Waals surface area contributed by atoms with Gasteiger partial charge in [0, 0.05) is 24.9 Å². The zero-order valence-electron chi connectivity index (χ0n) is 17.9. The number of hydrogen-bond donors (Lipinski definition) is 4. The van der Waals surface area contributed by atoms with Crippen molar-refractivity contribution in [1.29, 1.82) is 5.41 Å². The van der Waals surface area contributed by atoms with Crippen LogP contribution in [0.25, 0.3) is 22.1 Å². The minimum absolute atomic E-state index is 0.0212. The Morgan fingerprint density at radius 2 is 1.76 bits per heavy atom. The summed E-state index contributed by atoms with van der Waals surface area (Å²) in [6, 6.07) is 21.0. The van der Waals surface area contributed by atoms with E-state index >= 15 is 0 Å². The molecule has 0 saturated carbocycles. The van der Waals surface area contributed by atoms with Crippen LogP contribution in [0.2, 0.25) is 0 Å². The van der Waals surface area contributed by atoms with E-state index in [9.17, 15) is 4.79 Å². The minimum Gasteiger partial charge on any atom is -0.384 e. The van der Waals surface area contributed by atoms with Gasteiger partial charge >= 0.3 is 0 Å². The molecule has 0 unspecified atom stereocenters. The zero-order chi connectivity index (χ0) is 22.9. The highest BCUT2D eigenvalue weighted by molar-refractivity contribution is 6.04. The molecule has 3 aromatic carbocycles. The van der Waals surface area contributed by atoms with Crippen molar-refractivity contribution in [2.24, 2.45) is 11.5 Å². The van der Waals surface area contributed by atoms with Crippen LogP contribution in [0.15, 0.2) is 66.7 Å². The van der Waals surface area contributed by atoms with Crippen LogP contribution in [0.3, 0.4) is 0 Å². The number of imidazole rings is 2. The molecule has 8 heteroatoms. The lowest BCUT2D eigenvalue weighted by atomic mass is 10.1. The first kappa shape index (κ1) is 20.4. The molecule has 0 fully saturated rings. The van der Waals surface area contributed by atoms with Crippen LogP contribution < -0.4 is 11.5 Å². The van der Waals surface area contributed by atoms with Crippen LogP contribution in [0, 0.1) is 5.41 Å². The summed E-state index contributed by atoms with van der Waals surface area (Å²) >= 11 is 0. The second-order valence-electron chi connectivity index (χ2n) is 7.97. The monoisotopic (exact) mass is 437 g/mol. The number of carbonyl (C=O) groups excluding carboxylic acids is 1. The molecule has 0 atom stereocenters. The number of amidine groups is 1. The fourth-order valence-electron chi connectivity index (χ4n) is 4.14. The van der Waals surface area contributed by atoms with E-state index in [4.69, 9.17) is 21.9 Å². The molecule has 1 amide bonds. The van der Waals surface area contributed by atoms with Crippen LogP contribution in [-0.4, -0.2) is 31.3 Å². The van der Waals surface area contributed by atoms with Crippen LogP contribution in [0.1, 0.15) is 33.1 Å². The molecule has 0 radical (unpaired) electrons. The van der Waals surface area contributed by atoms with Crippen molar-refractivity contribution in [3.8, 4) is 0 Å². The maximum absolute atomic E-state index is 12.1. The van der Waals surface area contributed by atoms with Gasteiger partial charge in [-0.2, -0.15) is 0 Å². The SMILES string of the molecule is N=C(N)c1ccc2nc(CCc3nc4cccc(C(N)=O)c4n3Cc3ccccc3)[nH]c2c1. The lowest BCUT2D eigenvalue weighted by Crippen LogP contribution is -2.14. The molecular weight excluding hydrogens is 414 g/mol. The number of carbonyl (C=O) groups is 1. The highest BCUT2D eigenvalue weighted by Crippen LogP contribution is 2.23. The highest BCUT2D eigenvalue weighted by Gasteiger charge is 2.17. The van der Waals surface area contributed by atoms with Gasteiger partial charge in [0.2, 0.25) is 0 Å². The van der Waals surface area contributed by atoms with Gasteiger partial charge in [0.25, 0.3) is 5.91 Å². The topological polar surface area (TPSA) is 139 Å². The molecule has 0 saturated heterocycles. The number of primary amides is 1. The van der Waals surface area contributed by atoms with Crippen LogP contribution in [0.4, 0.5) is 0 Å². The number of fused-ring (bicyclic) bond motifs is 2. The molecule has 2 aromatic heterocycles. The van der Waals surface area contributed by atoms with Gasteiger partial charge in [0.15, 0.2) is 0 Å². The van der Waals surface area contributed by atoms with Gasteiger partial charge in [-0.05, 0) is 35.9 Å². The molecule has 5 rings (SSSR count). The summed E-state index contributed by atoms with van der Waals surface area (Å²) in [6.45, 7) is 0.582. The van der Waals surface area contributed by atoms with E-state index in [0.29, 0.717) is 30.5 Å². The number of para-hydroxylation sites is 1. The summed E-state index contributed by atoms with van der Waals surface area (Å²) in [5, 5.41) is 7.63. The number of benzene rings is 3. The number of nitrogens with two attached hydrogens (primary N) is 2. The van der Waals surface area contributed by atoms with E-state index in [1.54, 1.807) is 18.2 Å². The fourth-order valence-corrected chi connectivity index (χ4v) is 4.14. The first-order valence-corrected chi connectivity index (χ1v) is 10.6. The number of rotatable bonds is 7. The Labute approximate surface area is 189 Å². The van der Waals surface area contributed by atoms with Crippen molar-refractivity contribution < 1.29 is 4.79 Å². The van der Waals surface area contributed by atoms with Crippen molar-refractivity contribution in [3.63, 3.8) is 0 Å². The summed E-state index contributed by atoms with van der Waals surface area (Å²) in [7, 11) is 0. The highest BCUT2D eigenvalue weighted by atomic mass is 16.1. The van der Waals surface area contributed by atoms with Gasteiger partial charge in [-0.25, -0.2) is 9.97 Å². The average Bonchev–Trinajstić information content (AvgIpc) is 3.38. The van der Waals surface area contributed by atoms with E-state index in [2.05, 4.69) is 14.5 Å². The van der Waals surface area contributed by atoms with Gasteiger partial charge in [0.1, 0.15) is 17.5 Å². The smallest absolute Gasteiger partial charge is 0.250 e. The molecule has 0 bridgehead atoms. The molecule has 8 nitrogen and oxygen atoms in total. The third-order valence-corrected chi connectivity index (χ3v) is 5.72. The van der Waals surface area contributed by atoms with Gasteiger partial charge in [-0.15, -0.1) is 0 Å². The van der Waals surface area contributed by atoms with Gasteiger partial charge in [-0.3, -0.25) is 10.2 Å². The first-order chi connectivity index (χ1) is 16.0. The molecular formula is C25H23N7O. The Balaban J connectivity index is 1.51. The maximum atomic E-state index is 12.1. The third kappa shape index (κ3) is 3.94. The second kappa shape index (κ2) is 8.23. The number of nitrogens with zero attached hydrogens (tertiary/aromatic N) is 3. The van der Waals surface area contributed by atoms with Crippen LogP contribution >= 0.6 is 0 Å². The van der Waals surface area contributed by atoms with E-state index in [1.165, 1.54) is 0 Å². The predicted molar refractivity (Wildman–Crippen MR) is 128 cm³/mol. The number of H-pyrrole nitrogens is 1. The Morgan fingerprint density at radius 3 is 2.52 bits per heavy atom. The zero-order valence-corrected chi connectivity index (χ0v) is 17.9. The Bertz CT molecular complexity index is 1500. The van der Waals surface area contributed by atoms with Crippen molar-refractivity contribution in [3.05, 3.63) is 95.1 Å². The second-order valence-corrected chi connectivity index (χ2v) is 7.97. The van der Waals surface area contributed by atoms with E-state index in [0.717, 1.165) is 39.3 Å². The van der Waals surface area contributed by atoms with E-state index in [1.807, 2.05) is 48.5 Å². The molecule has 2 heterocycles. The van der Waals surface area contributed by atoms with E-state index < -0.39 is 5.91 Å². The summed E-state index contributed by atoms with van der Waals surface area (Å²) < 4.78 is 2.07. The quantitative estimate of drug-likeness (QED) is 0.229. The molecule has 0 aliphatic heterocycles. The van der Waals surface area contributed by atoms with Crippen molar-refractivity contribution in [2.75, 3.05) is 0 Å². The maximum Gasteiger partial charge on any atom is 0.250 e. The Kier molecular flexibility index (Phi) is 5.10. The van der Waals surface area contributed by atoms with Crippen molar-refractivity contribution >= 4 is 33.8 Å². The molecule has 6 N–H and O–H groups in total. The van der Waals surface area contributed by atoms with Gasteiger partial charge < -0.3 is 21.0 Å².